The number of hydrogen-bond donors (Lipinski definition) is 2. The predicted molar refractivity (Wildman–Crippen MR) is 93.9 cm³/mol. The number of aryl methyl sites for hydroxylation is 1. The standard InChI is InChI=1S/C18H27N3O3/c1-14-4-3-5-16(12-14)20-18(23)17(22)19-13-15-6-8-21(9-7-15)10-11-24-2/h3-5,12,15H,6-11,13H2,1-2H3,(H,19,22)(H,20,23). The van der Waals surface area contributed by atoms with Crippen molar-refractivity contribution >= 4 is 17.5 Å². The first-order chi connectivity index (χ1) is 11.6. The third kappa shape index (κ3) is 5.94. The summed E-state index contributed by atoms with van der Waals surface area (Å²) in [6.45, 7) is 6.22. The van der Waals surface area contributed by atoms with Crippen LogP contribution in [0.15, 0.2) is 24.3 Å². The fourth-order valence-corrected chi connectivity index (χ4v) is 2.86. The van der Waals surface area contributed by atoms with Gasteiger partial charge in [0.1, 0.15) is 0 Å². The second kappa shape index (κ2) is 9.39. The lowest BCUT2D eigenvalue weighted by Gasteiger charge is -2.31. The lowest BCUT2D eigenvalue weighted by atomic mass is 9.97. The van der Waals surface area contributed by atoms with Gasteiger partial charge < -0.3 is 20.3 Å². The van der Waals surface area contributed by atoms with E-state index in [2.05, 4.69) is 15.5 Å². The number of piperidine rings is 1. The number of benzene rings is 1. The Morgan fingerprint density at radius 3 is 2.67 bits per heavy atom. The Morgan fingerprint density at radius 1 is 1.25 bits per heavy atom. The van der Waals surface area contributed by atoms with E-state index in [0.29, 0.717) is 18.2 Å². The van der Waals surface area contributed by atoms with Crippen LogP contribution in [0.5, 0.6) is 0 Å². The fourth-order valence-electron chi connectivity index (χ4n) is 2.86. The maximum Gasteiger partial charge on any atom is 0.313 e. The summed E-state index contributed by atoms with van der Waals surface area (Å²) in [4.78, 5) is 26.2. The number of ether oxygens (including phenoxy) is 1. The van der Waals surface area contributed by atoms with Gasteiger partial charge >= 0.3 is 11.8 Å². The van der Waals surface area contributed by atoms with Crippen molar-refractivity contribution in [3.63, 3.8) is 0 Å². The van der Waals surface area contributed by atoms with Gasteiger partial charge in [-0.15, -0.1) is 0 Å². The lowest BCUT2D eigenvalue weighted by molar-refractivity contribution is -0.136. The molecule has 1 saturated heterocycles. The van der Waals surface area contributed by atoms with Crippen LogP contribution >= 0.6 is 0 Å². The summed E-state index contributed by atoms with van der Waals surface area (Å²) < 4.78 is 5.09. The molecule has 1 heterocycles. The largest absolute Gasteiger partial charge is 0.383 e. The first-order valence-electron chi connectivity index (χ1n) is 8.45. The number of nitrogens with zero attached hydrogens (tertiary/aromatic N) is 1. The van der Waals surface area contributed by atoms with Crippen LogP contribution in [0.4, 0.5) is 5.69 Å². The molecule has 0 radical (unpaired) electrons. The molecular weight excluding hydrogens is 306 g/mol. The van der Waals surface area contributed by atoms with E-state index in [1.165, 1.54) is 0 Å². The molecule has 1 aromatic carbocycles. The molecule has 0 bridgehead atoms. The molecule has 24 heavy (non-hydrogen) atoms. The Morgan fingerprint density at radius 2 is 2.00 bits per heavy atom. The van der Waals surface area contributed by atoms with Gasteiger partial charge in [0, 0.05) is 25.9 Å². The van der Waals surface area contributed by atoms with E-state index in [0.717, 1.165) is 44.6 Å². The molecule has 2 rings (SSSR count). The zero-order valence-corrected chi connectivity index (χ0v) is 14.5. The van der Waals surface area contributed by atoms with Gasteiger partial charge in [0.25, 0.3) is 0 Å². The van der Waals surface area contributed by atoms with Crippen molar-refractivity contribution in [2.45, 2.75) is 19.8 Å². The smallest absolute Gasteiger partial charge is 0.313 e. The van der Waals surface area contributed by atoms with Crippen LogP contribution in [0, 0.1) is 12.8 Å². The molecule has 0 saturated carbocycles. The second-order valence-corrected chi connectivity index (χ2v) is 6.31. The SMILES string of the molecule is COCCN1CCC(CNC(=O)C(=O)Nc2cccc(C)c2)CC1. The Kier molecular flexibility index (Phi) is 7.21. The number of rotatable bonds is 6. The topological polar surface area (TPSA) is 70.7 Å². The van der Waals surface area contributed by atoms with Crippen LogP contribution < -0.4 is 10.6 Å². The van der Waals surface area contributed by atoms with E-state index in [1.807, 2.05) is 25.1 Å². The number of hydrogen-bond acceptors (Lipinski definition) is 4. The summed E-state index contributed by atoms with van der Waals surface area (Å²) in [5.41, 5.74) is 1.68. The molecule has 0 atom stereocenters. The molecule has 0 aromatic heterocycles. The molecule has 6 heteroatoms. The van der Waals surface area contributed by atoms with Crippen LogP contribution in [0.1, 0.15) is 18.4 Å². The molecule has 0 unspecified atom stereocenters. The van der Waals surface area contributed by atoms with Gasteiger partial charge in [0.15, 0.2) is 0 Å². The second-order valence-electron chi connectivity index (χ2n) is 6.31. The van der Waals surface area contributed by atoms with Crippen LogP contribution in [0.25, 0.3) is 0 Å². The summed E-state index contributed by atoms with van der Waals surface area (Å²) >= 11 is 0. The maximum absolute atomic E-state index is 11.9. The molecule has 1 aromatic rings. The van der Waals surface area contributed by atoms with Gasteiger partial charge in [-0.1, -0.05) is 12.1 Å². The summed E-state index contributed by atoms with van der Waals surface area (Å²) in [5, 5.41) is 5.38. The van der Waals surface area contributed by atoms with Gasteiger partial charge in [0.05, 0.1) is 6.61 Å². The first-order valence-corrected chi connectivity index (χ1v) is 8.45. The Balaban J connectivity index is 1.68. The normalized spacial score (nSPS) is 15.9. The number of amides is 2. The van der Waals surface area contributed by atoms with E-state index < -0.39 is 11.8 Å². The van der Waals surface area contributed by atoms with Crippen molar-refractivity contribution in [3.05, 3.63) is 29.8 Å². The van der Waals surface area contributed by atoms with E-state index in [4.69, 9.17) is 4.74 Å². The molecule has 1 aliphatic heterocycles. The summed E-state index contributed by atoms with van der Waals surface area (Å²) in [7, 11) is 1.71. The van der Waals surface area contributed by atoms with Crippen molar-refractivity contribution in [3.8, 4) is 0 Å². The van der Waals surface area contributed by atoms with Crippen molar-refractivity contribution in [1.29, 1.82) is 0 Å². The van der Waals surface area contributed by atoms with E-state index in [9.17, 15) is 9.59 Å². The quantitative estimate of drug-likeness (QED) is 0.772. The predicted octanol–water partition coefficient (Wildman–Crippen LogP) is 1.41. The van der Waals surface area contributed by atoms with Crippen LogP contribution in [-0.2, 0) is 14.3 Å². The third-order valence-electron chi connectivity index (χ3n) is 4.35. The van der Waals surface area contributed by atoms with Gasteiger partial charge in [-0.3, -0.25) is 9.59 Å². The molecule has 0 aliphatic carbocycles. The highest BCUT2D eigenvalue weighted by Gasteiger charge is 2.21. The minimum absolute atomic E-state index is 0.430. The number of carbonyl (C=O) groups excluding carboxylic acids is 2. The van der Waals surface area contributed by atoms with Crippen molar-refractivity contribution in [1.82, 2.24) is 10.2 Å². The molecule has 1 fully saturated rings. The van der Waals surface area contributed by atoms with Gasteiger partial charge in [-0.2, -0.15) is 0 Å². The molecule has 1 aliphatic rings. The Hall–Kier alpha value is -1.92. The van der Waals surface area contributed by atoms with Crippen molar-refractivity contribution in [2.24, 2.45) is 5.92 Å². The van der Waals surface area contributed by atoms with Crippen LogP contribution in [-0.4, -0.2) is 56.6 Å². The number of likely N-dealkylation sites (tertiary alicyclic amines) is 1. The highest BCUT2D eigenvalue weighted by molar-refractivity contribution is 6.39. The molecule has 2 amide bonds. The van der Waals surface area contributed by atoms with Gasteiger partial charge in [0.2, 0.25) is 0 Å². The van der Waals surface area contributed by atoms with Gasteiger partial charge in [-0.25, -0.2) is 0 Å². The van der Waals surface area contributed by atoms with E-state index >= 15 is 0 Å². The number of anilines is 1. The minimum atomic E-state index is -0.613. The zero-order valence-electron chi connectivity index (χ0n) is 14.5. The number of carbonyl (C=O) groups is 2. The van der Waals surface area contributed by atoms with Crippen molar-refractivity contribution < 1.29 is 14.3 Å². The molecule has 2 N–H and O–H groups in total. The number of nitrogens with one attached hydrogen (secondary N) is 2. The highest BCUT2D eigenvalue weighted by atomic mass is 16.5. The van der Waals surface area contributed by atoms with Crippen LogP contribution in [0.3, 0.4) is 0 Å². The molecule has 0 spiro atoms. The molecular formula is C18H27N3O3. The number of methoxy groups -OCH3 is 1. The lowest BCUT2D eigenvalue weighted by Crippen LogP contribution is -2.42. The molecule has 132 valence electrons. The average molecular weight is 333 g/mol. The summed E-state index contributed by atoms with van der Waals surface area (Å²) in [5.74, 6) is -0.754. The van der Waals surface area contributed by atoms with E-state index in [-0.39, 0.29) is 0 Å². The first kappa shape index (κ1) is 18.4. The Bertz CT molecular complexity index is 554. The highest BCUT2D eigenvalue weighted by Crippen LogP contribution is 2.16. The fraction of sp³-hybridized carbons (Fsp3) is 0.556. The van der Waals surface area contributed by atoms with Crippen molar-refractivity contribution in [2.75, 3.05) is 45.2 Å². The monoisotopic (exact) mass is 333 g/mol. The maximum atomic E-state index is 11.9. The minimum Gasteiger partial charge on any atom is -0.383 e. The molecule has 6 nitrogen and oxygen atoms in total. The van der Waals surface area contributed by atoms with Gasteiger partial charge in [-0.05, 0) is 56.5 Å². The van der Waals surface area contributed by atoms with Crippen LogP contribution in [0.2, 0.25) is 0 Å². The average Bonchev–Trinajstić information content (AvgIpc) is 2.58. The zero-order chi connectivity index (χ0) is 17.4. The summed E-state index contributed by atoms with van der Waals surface area (Å²) in [6, 6.07) is 7.39. The Labute approximate surface area is 143 Å². The summed E-state index contributed by atoms with van der Waals surface area (Å²) in [6.07, 6.45) is 2.06. The van der Waals surface area contributed by atoms with E-state index in [1.54, 1.807) is 13.2 Å². The third-order valence-corrected chi connectivity index (χ3v) is 4.35.